The molecule has 1 atom stereocenters. The monoisotopic (exact) mass is 243 g/mol. The average molecular weight is 243 g/mol. The average Bonchev–Trinajstić information content (AvgIpc) is 2.22. The third-order valence-corrected chi connectivity index (χ3v) is 2.80. The first kappa shape index (κ1) is 15.9. The minimum absolute atomic E-state index is 0.00162. The van der Waals surface area contributed by atoms with E-state index < -0.39 is 5.97 Å². The summed E-state index contributed by atoms with van der Waals surface area (Å²) in [6.45, 7) is 5.97. The maximum Gasteiger partial charge on any atom is 0.305 e. The number of carbonyl (C=O) groups is 2. The summed E-state index contributed by atoms with van der Waals surface area (Å²) in [7, 11) is 0. The number of carboxylic acid groups (broad SMARTS) is 1. The summed E-state index contributed by atoms with van der Waals surface area (Å²) in [6.07, 6.45) is 4.75. The van der Waals surface area contributed by atoms with Gasteiger partial charge in [0.1, 0.15) is 0 Å². The molecule has 0 aliphatic heterocycles. The number of rotatable bonds is 9. The van der Waals surface area contributed by atoms with Crippen molar-refractivity contribution in [3.05, 3.63) is 0 Å². The van der Waals surface area contributed by atoms with Crippen molar-refractivity contribution in [2.24, 2.45) is 5.92 Å². The highest BCUT2D eigenvalue weighted by molar-refractivity contribution is 5.77. The molecule has 0 saturated carbocycles. The molecule has 1 amide bonds. The van der Waals surface area contributed by atoms with Gasteiger partial charge in [0.15, 0.2) is 0 Å². The molecule has 0 bridgehead atoms. The molecule has 0 fully saturated rings. The molecule has 0 aromatic carbocycles. The van der Waals surface area contributed by atoms with Crippen molar-refractivity contribution in [2.45, 2.75) is 65.3 Å². The van der Waals surface area contributed by atoms with Crippen molar-refractivity contribution >= 4 is 11.9 Å². The van der Waals surface area contributed by atoms with Crippen molar-refractivity contribution in [2.75, 3.05) is 0 Å². The Morgan fingerprint density at radius 3 is 2.29 bits per heavy atom. The van der Waals surface area contributed by atoms with Crippen LogP contribution in [-0.4, -0.2) is 23.0 Å². The van der Waals surface area contributed by atoms with Crippen LogP contribution in [0, 0.1) is 5.92 Å². The smallest absolute Gasteiger partial charge is 0.305 e. The fourth-order valence-corrected chi connectivity index (χ4v) is 1.63. The molecule has 0 aromatic rings. The molecule has 0 rings (SSSR count). The van der Waals surface area contributed by atoms with Gasteiger partial charge in [0.25, 0.3) is 0 Å². The molecule has 2 N–H and O–H groups in total. The van der Waals surface area contributed by atoms with Crippen LogP contribution in [0.25, 0.3) is 0 Å². The Morgan fingerprint density at radius 2 is 1.82 bits per heavy atom. The topological polar surface area (TPSA) is 66.4 Å². The Bertz CT molecular complexity index is 239. The number of hydrogen-bond donors (Lipinski definition) is 2. The second-order valence-electron chi connectivity index (χ2n) is 4.83. The quantitative estimate of drug-likeness (QED) is 0.612. The summed E-state index contributed by atoms with van der Waals surface area (Å²) in [5, 5.41) is 11.5. The fourth-order valence-electron chi connectivity index (χ4n) is 1.63. The van der Waals surface area contributed by atoms with Crippen LogP contribution in [0.1, 0.15) is 59.3 Å². The van der Waals surface area contributed by atoms with Gasteiger partial charge in [0.2, 0.25) is 5.91 Å². The van der Waals surface area contributed by atoms with E-state index in [0.29, 0.717) is 6.42 Å². The first-order chi connectivity index (χ1) is 7.97. The minimum Gasteiger partial charge on any atom is -0.481 e. The lowest BCUT2D eigenvalue weighted by Gasteiger charge is -2.20. The summed E-state index contributed by atoms with van der Waals surface area (Å²) in [5.74, 6) is -0.748. The van der Waals surface area contributed by atoms with E-state index >= 15 is 0 Å². The van der Waals surface area contributed by atoms with E-state index in [4.69, 9.17) is 5.11 Å². The standard InChI is InChI=1S/C13H25NO3/c1-4-5-6-7-8-12(15)14-11(10(2)3)9-13(16)17/h10-11H,4-9H2,1-3H3,(H,14,15)(H,16,17). The first-order valence-corrected chi connectivity index (χ1v) is 6.48. The SMILES string of the molecule is CCCCCCC(=O)NC(CC(=O)O)C(C)C. The molecule has 4 nitrogen and oxygen atoms in total. The van der Waals surface area contributed by atoms with E-state index in [1.54, 1.807) is 0 Å². The Morgan fingerprint density at radius 1 is 1.18 bits per heavy atom. The highest BCUT2D eigenvalue weighted by atomic mass is 16.4. The zero-order valence-corrected chi connectivity index (χ0v) is 11.2. The summed E-state index contributed by atoms with van der Waals surface area (Å²) >= 11 is 0. The second kappa shape index (κ2) is 9.02. The number of nitrogens with one attached hydrogen (secondary N) is 1. The molecule has 0 radical (unpaired) electrons. The molecular formula is C13H25NO3. The number of unbranched alkanes of at least 4 members (excludes halogenated alkanes) is 3. The van der Waals surface area contributed by atoms with Crippen LogP contribution >= 0.6 is 0 Å². The first-order valence-electron chi connectivity index (χ1n) is 6.48. The van der Waals surface area contributed by atoms with Crippen LogP contribution in [-0.2, 0) is 9.59 Å². The fraction of sp³-hybridized carbons (Fsp3) is 0.846. The van der Waals surface area contributed by atoms with Crippen LogP contribution in [0.2, 0.25) is 0 Å². The Hall–Kier alpha value is -1.06. The maximum absolute atomic E-state index is 11.6. The number of hydrogen-bond acceptors (Lipinski definition) is 2. The number of aliphatic carboxylic acids is 1. The summed E-state index contributed by atoms with van der Waals surface area (Å²) in [6, 6.07) is -0.258. The Labute approximate surface area is 104 Å². The van der Waals surface area contributed by atoms with E-state index in [9.17, 15) is 9.59 Å². The lowest BCUT2D eigenvalue weighted by molar-refractivity contribution is -0.138. The molecule has 0 saturated heterocycles. The second-order valence-corrected chi connectivity index (χ2v) is 4.83. The molecule has 0 aliphatic carbocycles. The van der Waals surface area contributed by atoms with E-state index in [1.165, 1.54) is 0 Å². The molecule has 0 aliphatic rings. The third kappa shape index (κ3) is 8.72. The van der Waals surface area contributed by atoms with Gasteiger partial charge in [-0.2, -0.15) is 0 Å². The molecular weight excluding hydrogens is 218 g/mol. The highest BCUT2D eigenvalue weighted by Gasteiger charge is 2.18. The summed E-state index contributed by atoms with van der Waals surface area (Å²) in [5.41, 5.74) is 0. The van der Waals surface area contributed by atoms with Crippen LogP contribution in [0.4, 0.5) is 0 Å². The lowest BCUT2D eigenvalue weighted by Crippen LogP contribution is -2.39. The Balaban J connectivity index is 3.91. The van der Waals surface area contributed by atoms with Crippen molar-refractivity contribution in [1.82, 2.24) is 5.32 Å². The van der Waals surface area contributed by atoms with E-state index in [2.05, 4.69) is 12.2 Å². The number of carboxylic acids is 1. The van der Waals surface area contributed by atoms with E-state index in [1.807, 2.05) is 13.8 Å². The largest absolute Gasteiger partial charge is 0.481 e. The van der Waals surface area contributed by atoms with Crippen molar-refractivity contribution in [3.8, 4) is 0 Å². The van der Waals surface area contributed by atoms with Crippen molar-refractivity contribution in [1.29, 1.82) is 0 Å². The van der Waals surface area contributed by atoms with Gasteiger partial charge >= 0.3 is 5.97 Å². The van der Waals surface area contributed by atoms with Crippen LogP contribution < -0.4 is 5.32 Å². The minimum atomic E-state index is -0.866. The van der Waals surface area contributed by atoms with Crippen LogP contribution in [0.3, 0.4) is 0 Å². The van der Waals surface area contributed by atoms with E-state index in [-0.39, 0.29) is 24.3 Å². The molecule has 17 heavy (non-hydrogen) atoms. The van der Waals surface area contributed by atoms with Crippen molar-refractivity contribution in [3.63, 3.8) is 0 Å². The van der Waals surface area contributed by atoms with Gasteiger partial charge in [-0.1, -0.05) is 40.0 Å². The van der Waals surface area contributed by atoms with Gasteiger partial charge in [-0.3, -0.25) is 9.59 Å². The lowest BCUT2D eigenvalue weighted by atomic mass is 10.0. The normalized spacial score (nSPS) is 12.5. The molecule has 4 heteroatoms. The predicted octanol–water partition coefficient (Wildman–Crippen LogP) is 2.57. The molecule has 0 heterocycles. The summed E-state index contributed by atoms with van der Waals surface area (Å²) in [4.78, 5) is 22.2. The predicted molar refractivity (Wildman–Crippen MR) is 67.8 cm³/mol. The van der Waals surface area contributed by atoms with Crippen molar-refractivity contribution < 1.29 is 14.7 Å². The van der Waals surface area contributed by atoms with Gasteiger partial charge < -0.3 is 10.4 Å². The Kier molecular flexibility index (Phi) is 8.46. The molecule has 0 spiro atoms. The van der Waals surface area contributed by atoms with Gasteiger partial charge in [-0.15, -0.1) is 0 Å². The summed E-state index contributed by atoms with van der Waals surface area (Å²) < 4.78 is 0. The molecule has 100 valence electrons. The maximum atomic E-state index is 11.6. The number of carbonyl (C=O) groups excluding carboxylic acids is 1. The zero-order chi connectivity index (χ0) is 13.3. The highest BCUT2D eigenvalue weighted by Crippen LogP contribution is 2.08. The van der Waals surface area contributed by atoms with Gasteiger partial charge in [0, 0.05) is 12.5 Å². The zero-order valence-electron chi connectivity index (χ0n) is 11.2. The van der Waals surface area contributed by atoms with Crippen LogP contribution in [0.5, 0.6) is 0 Å². The molecule has 0 aromatic heterocycles. The molecule has 1 unspecified atom stereocenters. The van der Waals surface area contributed by atoms with E-state index in [0.717, 1.165) is 25.7 Å². The number of amides is 1. The third-order valence-electron chi connectivity index (χ3n) is 2.80. The van der Waals surface area contributed by atoms with Gasteiger partial charge in [-0.25, -0.2) is 0 Å². The van der Waals surface area contributed by atoms with Gasteiger partial charge in [0.05, 0.1) is 6.42 Å². The van der Waals surface area contributed by atoms with Gasteiger partial charge in [-0.05, 0) is 12.3 Å². The van der Waals surface area contributed by atoms with Crippen LogP contribution in [0.15, 0.2) is 0 Å².